The third-order valence-corrected chi connectivity index (χ3v) is 11.5. The highest BCUT2D eigenvalue weighted by Gasteiger charge is 2.50. The molecule has 0 unspecified atom stereocenters. The van der Waals surface area contributed by atoms with Gasteiger partial charge in [0.25, 0.3) is 0 Å². The van der Waals surface area contributed by atoms with E-state index < -0.39 is 64.5 Å². The van der Waals surface area contributed by atoms with E-state index in [4.69, 9.17) is 28.1 Å². The number of phosphoric acid groups is 1. The molecule has 4 atom stereocenters. The van der Waals surface area contributed by atoms with Crippen LogP contribution in [0.2, 0.25) is 18.1 Å². The van der Waals surface area contributed by atoms with Crippen molar-refractivity contribution in [3.63, 3.8) is 0 Å². The lowest BCUT2D eigenvalue weighted by Crippen LogP contribution is -2.48. The van der Waals surface area contributed by atoms with E-state index in [9.17, 15) is 22.5 Å². The molecule has 1 aromatic carbocycles. The second kappa shape index (κ2) is 9.86. The Bertz CT molecular complexity index is 1200. The zero-order valence-corrected chi connectivity index (χ0v) is 22.6. The first-order valence-electron chi connectivity index (χ1n) is 11.1. The van der Waals surface area contributed by atoms with Gasteiger partial charge in [0.15, 0.2) is 8.32 Å². The van der Waals surface area contributed by atoms with Crippen molar-refractivity contribution in [2.24, 2.45) is 5.92 Å². The van der Waals surface area contributed by atoms with E-state index in [1.165, 1.54) is 6.07 Å². The summed E-state index contributed by atoms with van der Waals surface area (Å²) in [7, 11) is -7.14. The molecule has 0 spiro atoms. The van der Waals surface area contributed by atoms with Crippen LogP contribution in [0.25, 0.3) is 11.0 Å². The van der Waals surface area contributed by atoms with Crippen LogP contribution in [0.15, 0.2) is 33.5 Å². The average molecular weight is 555 g/mol. The van der Waals surface area contributed by atoms with Gasteiger partial charge < -0.3 is 28.1 Å². The van der Waals surface area contributed by atoms with Crippen LogP contribution in [0.3, 0.4) is 0 Å². The van der Waals surface area contributed by atoms with Crippen molar-refractivity contribution >= 4 is 27.1 Å². The number of ether oxygens (including phenoxy) is 2. The van der Waals surface area contributed by atoms with Crippen molar-refractivity contribution in [3.8, 4) is 5.75 Å². The largest absolute Gasteiger partial charge is 0.469 e. The Morgan fingerprint density at radius 3 is 2.33 bits per heavy atom. The topological polar surface area (TPSA) is 125 Å². The van der Waals surface area contributed by atoms with Crippen molar-refractivity contribution in [2.75, 3.05) is 6.61 Å². The molecule has 2 aromatic rings. The molecule has 0 amide bonds. The zero-order chi connectivity index (χ0) is 27.3. The predicted molar refractivity (Wildman–Crippen MR) is 126 cm³/mol. The molecular weight excluding hydrogens is 524 g/mol. The molecule has 2 heterocycles. The van der Waals surface area contributed by atoms with Crippen molar-refractivity contribution in [2.45, 2.75) is 70.5 Å². The molecule has 1 aliphatic rings. The van der Waals surface area contributed by atoms with Crippen LogP contribution in [-0.4, -0.2) is 43.2 Å². The van der Waals surface area contributed by atoms with E-state index in [0.717, 1.165) is 12.1 Å². The molecule has 1 aliphatic heterocycles. The van der Waals surface area contributed by atoms with Crippen LogP contribution in [0.1, 0.15) is 33.3 Å². The Labute approximate surface area is 206 Å². The summed E-state index contributed by atoms with van der Waals surface area (Å²) in [5, 5.41) is -0.478. The fraction of sp³-hybridized carbons (Fsp3) is 0.591. The maximum atomic E-state index is 13.3. The minimum Gasteiger partial charge on any atom is -0.464 e. The summed E-state index contributed by atoms with van der Waals surface area (Å²) in [6.07, 6.45) is -7.26. The first kappa shape index (κ1) is 28.8. The lowest BCUT2D eigenvalue weighted by atomic mass is 10.0. The van der Waals surface area contributed by atoms with Gasteiger partial charge in [-0.05, 0) is 30.3 Å². The molecule has 36 heavy (non-hydrogen) atoms. The summed E-state index contributed by atoms with van der Waals surface area (Å²) in [4.78, 5) is 30.0. The zero-order valence-electron chi connectivity index (χ0n) is 20.7. The number of hydrogen-bond donors (Lipinski definition) is 2. The van der Waals surface area contributed by atoms with Crippen LogP contribution < -0.4 is 10.4 Å². The third kappa shape index (κ3) is 6.57. The summed E-state index contributed by atoms with van der Waals surface area (Å²) in [5.41, 5.74) is -2.59. The van der Waals surface area contributed by atoms with Gasteiger partial charge >= 0.3 is 19.6 Å². The van der Waals surface area contributed by atoms with E-state index in [2.05, 4.69) is 4.52 Å². The number of halogens is 3. The number of phosphoric ester groups is 1. The van der Waals surface area contributed by atoms with E-state index in [1.807, 2.05) is 33.9 Å². The van der Waals surface area contributed by atoms with Crippen LogP contribution in [0, 0.1) is 5.92 Å². The van der Waals surface area contributed by atoms with Crippen molar-refractivity contribution in [1.82, 2.24) is 0 Å². The van der Waals surface area contributed by atoms with E-state index in [1.54, 1.807) is 6.92 Å². The fourth-order valence-corrected chi connectivity index (χ4v) is 5.33. The summed E-state index contributed by atoms with van der Waals surface area (Å²) in [6, 6.07) is 3.97. The van der Waals surface area contributed by atoms with Gasteiger partial charge in [0, 0.05) is 23.4 Å². The monoisotopic (exact) mass is 554 g/mol. The van der Waals surface area contributed by atoms with Crippen molar-refractivity contribution in [1.29, 1.82) is 0 Å². The van der Waals surface area contributed by atoms with Gasteiger partial charge in [-0.2, -0.15) is 13.2 Å². The first-order chi connectivity index (χ1) is 16.3. The van der Waals surface area contributed by atoms with E-state index in [0.29, 0.717) is 6.07 Å². The minimum atomic E-state index is -4.78. The van der Waals surface area contributed by atoms with Crippen LogP contribution in [0.4, 0.5) is 13.2 Å². The summed E-state index contributed by atoms with van der Waals surface area (Å²) < 4.78 is 79.1. The van der Waals surface area contributed by atoms with Gasteiger partial charge in [0.05, 0.1) is 18.3 Å². The summed E-state index contributed by atoms with van der Waals surface area (Å²) in [5.74, 6) is -0.377. The lowest BCUT2D eigenvalue weighted by molar-refractivity contribution is -0.136. The lowest BCUT2D eigenvalue weighted by Gasteiger charge is -2.40. The standard InChI is InChI=1S/C22H30F3O9PSi/c1-12-19(34-36(5,6)21(2,3)4)17(11-30-35(27,28)29)33-20(12)31-13-7-8-14-15(22(23,24)25)10-18(26)32-16(14)9-13/h7-10,12,17,19-20H,11H2,1-6H3,(H2,27,28,29)/t12-,17-,19+,20+/m1/s1. The number of hydrogen-bond acceptors (Lipinski definition) is 7. The molecule has 9 nitrogen and oxygen atoms in total. The second-order valence-corrected chi connectivity index (χ2v) is 16.3. The molecule has 0 radical (unpaired) electrons. The van der Waals surface area contributed by atoms with Crippen LogP contribution >= 0.6 is 7.82 Å². The molecule has 14 heteroatoms. The van der Waals surface area contributed by atoms with Crippen molar-refractivity contribution in [3.05, 3.63) is 40.2 Å². The third-order valence-electron chi connectivity index (χ3n) is 6.54. The Morgan fingerprint density at radius 1 is 1.14 bits per heavy atom. The Balaban J connectivity index is 1.90. The average Bonchev–Trinajstić information content (AvgIpc) is 2.98. The molecule has 1 fully saturated rings. The maximum Gasteiger partial charge on any atom is 0.469 e. The molecule has 0 aliphatic carbocycles. The molecule has 3 rings (SSSR count). The van der Waals surface area contributed by atoms with Gasteiger partial charge in [0.1, 0.15) is 17.4 Å². The van der Waals surface area contributed by atoms with Crippen molar-refractivity contribution < 1.29 is 50.4 Å². The molecule has 2 N–H and O–H groups in total. The van der Waals surface area contributed by atoms with Crippen LogP contribution in [-0.2, 0) is 24.4 Å². The van der Waals surface area contributed by atoms with E-state index >= 15 is 0 Å². The second-order valence-electron chi connectivity index (χ2n) is 10.3. The molecule has 1 aromatic heterocycles. The Hall–Kier alpha value is -1.73. The van der Waals surface area contributed by atoms with Crippen LogP contribution in [0.5, 0.6) is 5.75 Å². The smallest absolute Gasteiger partial charge is 0.464 e. The molecule has 1 saturated heterocycles. The highest BCUT2D eigenvalue weighted by Crippen LogP contribution is 2.43. The first-order valence-corrected chi connectivity index (χ1v) is 15.6. The highest BCUT2D eigenvalue weighted by atomic mass is 31.2. The number of benzene rings is 1. The fourth-order valence-electron chi connectivity index (χ4n) is 3.59. The maximum absolute atomic E-state index is 13.3. The normalized spacial score (nSPS) is 23.9. The summed E-state index contributed by atoms with van der Waals surface area (Å²) >= 11 is 0. The summed E-state index contributed by atoms with van der Waals surface area (Å²) in [6.45, 7) is 11.4. The Kier molecular flexibility index (Phi) is 7.90. The predicted octanol–water partition coefficient (Wildman–Crippen LogP) is 5.05. The van der Waals surface area contributed by atoms with E-state index in [-0.39, 0.29) is 21.8 Å². The van der Waals surface area contributed by atoms with Gasteiger partial charge in [-0.3, -0.25) is 4.52 Å². The number of fused-ring (bicyclic) bond motifs is 1. The molecule has 0 saturated carbocycles. The molecular formula is C22H30F3O9PSi. The van der Waals surface area contributed by atoms with Gasteiger partial charge in [-0.1, -0.05) is 27.7 Å². The molecule has 202 valence electrons. The SMILES string of the molecule is C[C@H]1[C@@H](Oc2ccc3c(C(F)(F)F)cc(=O)oc3c2)O[C@H](COP(=O)(O)O)[C@H]1O[Si](C)(C)C(C)(C)C. The van der Waals surface area contributed by atoms with Gasteiger partial charge in [-0.15, -0.1) is 0 Å². The number of alkyl halides is 3. The minimum absolute atomic E-state index is 0.0736. The Morgan fingerprint density at radius 2 is 1.78 bits per heavy atom. The quantitative estimate of drug-likeness (QED) is 0.275. The van der Waals surface area contributed by atoms with Gasteiger partial charge in [-0.25, -0.2) is 9.36 Å². The van der Waals surface area contributed by atoms with Gasteiger partial charge in [0.2, 0.25) is 6.29 Å². The number of rotatable bonds is 7. The molecule has 0 bridgehead atoms. The highest BCUT2D eigenvalue weighted by molar-refractivity contribution is 7.46.